The van der Waals surface area contributed by atoms with Gasteiger partial charge in [0.25, 0.3) is 5.56 Å². The van der Waals surface area contributed by atoms with Crippen LogP contribution in [-0.4, -0.2) is 25.6 Å². The van der Waals surface area contributed by atoms with Gasteiger partial charge in [-0.05, 0) is 55.5 Å². The lowest BCUT2D eigenvalue weighted by molar-refractivity contribution is 0.0472. The van der Waals surface area contributed by atoms with Crippen molar-refractivity contribution in [2.24, 2.45) is 0 Å². The summed E-state index contributed by atoms with van der Waals surface area (Å²) in [6.45, 7) is 3.79. The molecule has 0 saturated carbocycles. The highest BCUT2D eigenvalue weighted by Crippen LogP contribution is 2.38. The Kier molecular flexibility index (Phi) is 5.45. The number of carbonyl (C=O) groups is 1. The number of hydrogen-bond donors (Lipinski definition) is 0. The maximum atomic E-state index is 13.5. The van der Waals surface area contributed by atoms with Crippen molar-refractivity contribution >= 4 is 44.8 Å². The summed E-state index contributed by atoms with van der Waals surface area (Å²) in [5.74, 6) is -0.419. The number of aromatic nitrogens is 4. The van der Waals surface area contributed by atoms with Crippen LogP contribution in [0, 0.1) is 13.8 Å². The number of allylic oxidation sites excluding steroid dienone is 1. The van der Waals surface area contributed by atoms with Crippen LogP contribution < -0.4 is 5.56 Å². The highest BCUT2D eigenvalue weighted by Gasteiger charge is 2.28. The maximum Gasteiger partial charge on any atom is 0.339 e. The van der Waals surface area contributed by atoms with Crippen LogP contribution in [0.2, 0.25) is 0 Å². The first-order chi connectivity index (χ1) is 17.5. The molecule has 0 aliphatic heterocycles. The van der Waals surface area contributed by atoms with Crippen LogP contribution in [0.5, 0.6) is 0 Å². The number of para-hydroxylation sites is 1. The van der Waals surface area contributed by atoms with Crippen LogP contribution in [0.3, 0.4) is 0 Å². The molecule has 6 rings (SSSR count). The Morgan fingerprint density at radius 1 is 1.08 bits per heavy atom. The van der Waals surface area contributed by atoms with Gasteiger partial charge in [-0.25, -0.2) is 14.8 Å². The zero-order valence-corrected chi connectivity index (χ0v) is 20.6. The van der Waals surface area contributed by atoms with Crippen molar-refractivity contribution < 1.29 is 9.53 Å². The van der Waals surface area contributed by atoms with Gasteiger partial charge in [-0.15, -0.1) is 0 Å². The molecule has 0 bridgehead atoms. The molecular weight excluding hydrogens is 472 g/mol. The van der Waals surface area contributed by atoms with Gasteiger partial charge in [-0.3, -0.25) is 4.79 Å². The number of pyridine rings is 1. The summed E-state index contributed by atoms with van der Waals surface area (Å²) in [5, 5.41) is 5.56. The van der Waals surface area contributed by atoms with Gasteiger partial charge in [-0.2, -0.15) is 9.61 Å². The van der Waals surface area contributed by atoms with Crippen molar-refractivity contribution in [2.45, 2.75) is 33.3 Å². The van der Waals surface area contributed by atoms with Crippen LogP contribution in [0.25, 0.3) is 27.5 Å². The normalized spacial score (nSPS) is 14.0. The summed E-state index contributed by atoms with van der Waals surface area (Å²) in [7, 11) is 0. The molecule has 36 heavy (non-hydrogen) atoms. The lowest BCUT2D eigenvalue weighted by Gasteiger charge is -2.12. The monoisotopic (exact) mass is 494 g/mol. The van der Waals surface area contributed by atoms with E-state index in [9.17, 15) is 9.59 Å². The van der Waals surface area contributed by atoms with Crippen LogP contribution in [0.4, 0.5) is 0 Å². The molecular formula is C28H22N4O3S. The Hall–Kier alpha value is -4.17. The fourth-order valence-electron chi connectivity index (χ4n) is 4.59. The van der Waals surface area contributed by atoms with Gasteiger partial charge in [0.05, 0.1) is 16.8 Å². The number of esters is 1. The molecule has 0 unspecified atom stereocenters. The second-order valence-electron chi connectivity index (χ2n) is 8.91. The van der Waals surface area contributed by atoms with Gasteiger partial charge >= 0.3 is 5.97 Å². The van der Waals surface area contributed by atoms with Gasteiger partial charge in [0, 0.05) is 17.1 Å². The minimum Gasteiger partial charge on any atom is -0.455 e. The first-order valence-corrected chi connectivity index (χ1v) is 12.5. The smallest absolute Gasteiger partial charge is 0.339 e. The van der Waals surface area contributed by atoms with Gasteiger partial charge in [0.1, 0.15) is 6.61 Å². The van der Waals surface area contributed by atoms with Crippen molar-refractivity contribution in [3.8, 4) is 0 Å². The van der Waals surface area contributed by atoms with E-state index in [1.165, 1.54) is 27.5 Å². The quantitative estimate of drug-likeness (QED) is 0.321. The van der Waals surface area contributed by atoms with Gasteiger partial charge < -0.3 is 4.74 Å². The van der Waals surface area contributed by atoms with E-state index in [2.05, 4.69) is 47.3 Å². The lowest BCUT2D eigenvalue weighted by Crippen LogP contribution is -2.15. The van der Waals surface area contributed by atoms with E-state index in [0.717, 1.165) is 46.1 Å². The largest absolute Gasteiger partial charge is 0.455 e. The lowest BCUT2D eigenvalue weighted by atomic mass is 10.0. The molecule has 0 spiro atoms. The summed E-state index contributed by atoms with van der Waals surface area (Å²) in [5.41, 5.74) is 6.88. The minimum absolute atomic E-state index is 0.0389. The molecule has 7 nitrogen and oxygen atoms in total. The van der Waals surface area contributed by atoms with Crippen molar-refractivity contribution in [1.29, 1.82) is 0 Å². The average Bonchev–Trinajstić information content (AvgIpc) is 3.46. The summed E-state index contributed by atoms with van der Waals surface area (Å²) < 4.78 is 6.97. The number of benzene rings is 2. The summed E-state index contributed by atoms with van der Waals surface area (Å²) in [6.07, 6.45) is 3.67. The van der Waals surface area contributed by atoms with Gasteiger partial charge in [0.2, 0.25) is 4.96 Å². The zero-order chi connectivity index (χ0) is 24.8. The molecule has 2 aromatic carbocycles. The fraction of sp³-hybridized carbons (Fsp3) is 0.179. The van der Waals surface area contributed by atoms with E-state index in [1.807, 2.05) is 24.3 Å². The van der Waals surface area contributed by atoms with E-state index < -0.39 is 5.97 Å². The van der Waals surface area contributed by atoms with Gasteiger partial charge in [0.15, 0.2) is 5.01 Å². The summed E-state index contributed by atoms with van der Waals surface area (Å²) in [6, 6.07) is 17.4. The second kappa shape index (κ2) is 8.80. The topological polar surface area (TPSA) is 86.5 Å². The first kappa shape index (κ1) is 22.3. The highest BCUT2D eigenvalue weighted by atomic mass is 32.1. The molecule has 0 amide bonds. The molecule has 1 aliphatic rings. The summed E-state index contributed by atoms with van der Waals surface area (Å²) >= 11 is 1.24. The minimum atomic E-state index is -0.419. The maximum absolute atomic E-state index is 13.5. The number of ether oxygens (including phenoxy) is 1. The first-order valence-electron chi connectivity index (χ1n) is 11.7. The number of nitrogens with zero attached hydrogens (tertiary/aromatic N) is 4. The molecule has 1 aliphatic carbocycles. The summed E-state index contributed by atoms with van der Waals surface area (Å²) in [4.78, 5) is 35.4. The van der Waals surface area contributed by atoms with Crippen molar-refractivity contribution in [3.63, 3.8) is 0 Å². The Labute approximate surface area is 210 Å². The standard InChI is InChI=1S/C28H22N4O3S/c1-16-7-9-18(10-8-16)14-19-11-12-21-25(20-5-3-4-6-22(20)30-26(19)21)27(34)35-15-23-31-32-24(33)13-17(2)29-28(32)36-23/h3-10,13-14H,11-12,15H2,1-2H3/b19-14+. The Bertz CT molecular complexity index is 1750. The van der Waals surface area contributed by atoms with Crippen LogP contribution >= 0.6 is 11.3 Å². The number of fused-ring (bicyclic) bond motifs is 3. The van der Waals surface area contributed by atoms with E-state index in [0.29, 0.717) is 21.2 Å². The fourth-order valence-corrected chi connectivity index (χ4v) is 5.45. The second-order valence-corrected chi connectivity index (χ2v) is 9.95. The SMILES string of the molecule is Cc1ccc(/C=C2\CCc3c2nc2ccccc2c3C(=O)OCc2nn3c(=O)cc(C)nc3s2)cc1. The Balaban J connectivity index is 1.36. The third-order valence-corrected chi connectivity index (χ3v) is 7.19. The molecule has 178 valence electrons. The van der Waals surface area contributed by atoms with Crippen molar-refractivity contribution in [3.05, 3.63) is 104 Å². The molecule has 3 heterocycles. The third-order valence-electron chi connectivity index (χ3n) is 6.31. The Morgan fingerprint density at radius 3 is 2.72 bits per heavy atom. The third kappa shape index (κ3) is 3.99. The van der Waals surface area contributed by atoms with Crippen molar-refractivity contribution in [1.82, 2.24) is 19.6 Å². The molecule has 3 aromatic heterocycles. The predicted octanol–water partition coefficient (Wildman–Crippen LogP) is 5.16. The number of rotatable bonds is 4. The number of hydrogen-bond acceptors (Lipinski definition) is 7. The van der Waals surface area contributed by atoms with Crippen LogP contribution in [-0.2, 0) is 17.8 Å². The van der Waals surface area contributed by atoms with E-state index in [1.54, 1.807) is 6.92 Å². The molecule has 0 N–H and O–H groups in total. The zero-order valence-electron chi connectivity index (χ0n) is 19.8. The molecule has 8 heteroatoms. The van der Waals surface area contributed by atoms with E-state index >= 15 is 0 Å². The number of carbonyl (C=O) groups excluding carboxylic acids is 1. The average molecular weight is 495 g/mol. The predicted molar refractivity (Wildman–Crippen MR) is 140 cm³/mol. The van der Waals surface area contributed by atoms with Crippen LogP contribution in [0.15, 0.2) is 59.4 Å². The van der Waals surface area contributed by atoms with E-state index in [-0.39, 0.29) is 12.2 Å². The molecule has 0 radical (unpaired) electrons. The van der Waals surface area contributed by atoms with Crippen molar-refractivity contribution in [2.75, 3.05) is 0 Å². The molecule has 0 fully saturated rings. The highest BCUT2D eigenvalue weighted by molar-refractivity contribution is 7.16. The van der Waals surface area contributed by atoms with Crippen LogP contribution in [0.1, 0.15) is 49.9 Å². The van der Waals surface area contributed by atoms with E-state index in [4.69, 9.17) is 9.72 Å². The Morgan fingerprint density at radius 2 is 1.89 bits per heavy atom. The molecule has 0 saturated heterocycles. The van der Waals surface area contributed by atoms with Gasteiger partial charge in [-0.1, -0.05) is 59.4 Å². The molecule has 0 atom stereocenters. The molecule has 5 aromatic rings. The number of aryl methyl sites for hydroxylation is 2.